The van der Waals surface area contributed by atoms with Gasteiger partial charge < -0.3 is 14.6 Å². The van der Waals surface area contributed by atoms with Crippen molar-refractivity contribution >= 4 is 0 Å². The predicted molar refractivity (Wildman–Crippen MR) is 67.3 cm³/mol. The van der Waals surface area contributed by atoms with Crippen LogP contribution in [0, 0.1) is 12.3 Å². The van der Waals surface area contributed by atoms with E-state index in [1.807, 2.05) is 13.8 Å². The number of aromatic hydroxyl groups is 1. The SMILES string of the molecule is C#Cc1ccc(O)c2c1C[C@H]1OC(C)(C)O[C@H]1C2. The number of hydrogen-bond acceptors (Lipinski definition) is 3. The number of terminal acetylenes is 1. The lowest BCUT2D eigenvalue weighted by Crippen LogP contribution is -2.32. The summed E-state index contributed by atoms with van der Waals surface area (Å²) in [6, 6.07) is 3.45. The maximum atomic E-state index is 9.96. The van der Waals surface area contributed by atoms with Gasteiger partial charge in [0, 0.05) is 24.0 Å². The molecule has 0 saturated carbocycles. The average molecular weight is 244 g/mol. The van der Waals surface area contributed by atoms with E-state index in [0.717, 1.165) is 16.7 Å². The highest BCUT2D eigenvalue weighted by Gasteiger charge is 2.44. The van der Waals surface area contributed by atoms with Gasteiger partial charge in [-0.25, -0.2) is 0 Å². The molecule has 2 aliphatic rings. The maximum absolute atomic E-state index is 9.96. The van der Waals surface area contributed by atoms with Gasteiger partial charge in [0.05, 0.1) is 12.2 Å². The zero-order valence-corrected chi connectivity index (χ0v) is 10.6. The van der Waals surface area contributed by atoms with Crippen molar-refractivity contribution in [2.24, 2.45) is 0 Å². The van der Waals surface area contributed by atoms with Crippen LogP contribution in [-0.2, 0) is 22.3 Å². The largest absolute Gasteiger partial charge is 0.508 e. The highest BCUT2D eigenvalue weighted by atomic mass is 16.7. The summed E-state index contributed by atoms with van der Waals surface area (Å²) in [5.41, 5.74) is 2.78. The molecule has 0 unspecified atom stereocenters. The van der Waals surface area contributed by atoms with Crippen molar-refractivity contribution in [1.82, 2.24) is 0 Å². The van der Waals surface area contributed by atoms with E-state index < -0.39 is 5.79 Å². The summed E-state index contributed by atoms with van der Waals surface area (Å²) < 4.78 is 11.7. The van der Waals surface area contributed by atoms with Crippen molar-refractivity contribution in [3.8, 4) is 18.1 Å². The molecule has 3 nitrogen and oxygen atoms in total. The summed E-state index contributed by atoms with van der Waals surface area (Å²) in [4.78, 5) is 0. The van der Waals surface area contributed by atoms with Gasteiger partial charge >= 0.3 is 0 Å². The van der Waals surface area contributed by atoms with E-state index in [2.05, 4.69) is 5.92 Å². The third-order valence-electron chi connectivity index (χ3n) is 3.66. The van der Waals surface area contributed by atoms with Crippen LogP contribution in [0.4, 0.5) is 0 Å². The molecule has 3 heteroatoms. The van der Waals surface area contributed by atoms with Crippen LogP contribution in [0.1, 0.15) is 30.5 Å². The predicted octanol–water partition coefficient (Wildman–Crippen LogP) is 1.99. The molecule has 0 spiro atoms. The van der Waals surface area contributed by atoms with Crippen molar-refractivity contribution in [1.29, 1.82) is 0 Å². The first-order valence-electron chi connectivity index (χ1n) is 6.16. The van der Waals surface area contributed by atoms with Crippen LogP contribution in [-0.4, -0.2) is 23.1 Å². The minimum Gasteiger partial charge on any atom is -0.508 e. The van der Waals surface area contributed by atoms with Crippen molar-refractivity contribution in [3.63, 3.8) is 0 Å². The molecular weight excluding hydrogens is 228 g/mol. The number of hydrogen-bond donors (Lipinski definition) is 1. The minimum atomic E-state index is -0.552. The standard InChI is InChI=1S/C15H16O3/c1-4-9-5-6-12(16)11-8-14-13(7-10(9)11)17-15(2,3)18-14/h1,5-6,13-14,16H,7-8H2,2-3H3/t13-,14+/m1/s1. The summed E-state index contributed by atoms with van der Waals surface area (Å²) in [7, 11) is 0. The number of rotatable bonds is 0. The van der Waals surface area contributed by atoms with Crippen LogP contribution < -0.4 is 0 Å². The molecule has 18 heavy (non-hydrogen) atoms. The molecule has 2 atom stereocenters. The fourth-order valence-corrected chi connectivity index (χ4v) is 2.93. The van der Waals surface area contributed by atoms with Crippen molar-refractivity contribution < 1.29 is 14.6 Å². The Balaban J connectivity index is 2.03. The Kier molecular flexibility index (Phi) is 2.41. The Morgan fingerprint density at radius 2 is 1.83 bits per heavy atom. The van der Waals surface area contributed by atoms with Gasteiger partial charge in [0.15, 0.2) is 5.79 Å². The number of fused-ring (bicyclic) bond motifs is 2. The molecular formula is C15H16O3. The van der Waals surface area contributed by atoms with E-state index in [1.54, 1.807) is 12.1 Å². The summed E-state index contributed by atoms with van der Waals surface area (Å²) >= 11 is 0. The van der Waals surface area contributed by atoms with Gasteiger partial charge in [-0.15, -0.1) is 6.42 Å². The summed E-state index contributed by atoms with van der Waals surface area (Å²) in [5.74, 6) is 2.42. The number of benzene rings is 1. The molecule has 1 aromatic carbocycles. The molecule has 94 valence electrons. The third-order valence-corrected chi connectivity index (χ3v) is 3.66. The van der Waals surface area contributed by atoms with Crippen molar-refractivity contribution in [2.45, 2.75) is 44.7 Å². The second-order valence-corrected chi connectivity index (χ2v) is 5.35. The Labute approximate surface area is 107 Å². The van der Waals surface area contributed by atoms with Crippen LogP contribution in [0.15, 0.2) is 12.1 Å². The minimum absolute atomic E-state index is 0.00595. The molecule has 1 aliphatic heterocycles. The molecule has 1 fully saturated rings. The van der Waals surface area contributed by atoms with Gasteiger partial charge in [-0.2, -0.15) is 0 Å². The topological polar surface area (TPSA) is 38.7 Å². The lowest BCUT2D eigenvalue weighted by atomic mass is 9.84. The first-order valence-corrected chi connectivity index (χ1v) is 6.16. The van der Waals surface area contributed by atoms with Gasteiger partial charge in [-0.1, -0.05) is 5.92 Å². The fourth-order valence-electron chi connectivity index (χ4n) is 2.93. The molecule has 0 amide bonds. The Morgan fingerprint density at radius 1 is 1.22 bits per heavy atom. The van der Waals surface area contributed by atoms with Crippen LogP contribution in [0.5, 0.6) is 5.75 Å². The molecule has 1 heterocycles. The Hall–Kier alpha value is -1.50. The molecule has 1 saturated heterocycles. The molecule has 0 radical (unpaired) electrons. The number of phenolic OH excluding ortho intramolecular Hbond substituents is 1. The van der Waals surface area contributed by atoms with Crippen LogP contribution in [0.3, 0.4) is 0 Å². The monoisotopic (exact) mass is 244 g/mol. The van der Waals surface area contributed by atoms with Crippen molar-refractivity contribution in [2.75, 3.05) is 0 Å². The maximum Gasteiger partial charge on any atom is 0.163 e. The second kappa shape index (κ2) is 3.74. The quantitative estimate of drug-likeness (QED) is 0.709. The van der Waals surface area contributed by atoms with E-state index in [1.165, 1.54) is 0 Å². The molecule has 0 aromatic heterocycles. The smallest absolute Gasteiger partial charge is 0.163 e. The highest BCUT2D eigenvalue weighted by molar-refractivity contribution is 5.52. The first kappa shape index (κ1) is 11.6. The fraction of sp³-hybridized carbons (Fsp3) is 0.467. The van der Waals surface area contributed by atoms with E-state index in [4.69, 9.17) is 15.9 Å². The Morgan fingerprint density at radius 3 is 2.44 bits per heavy atom. The Bertz CT molecular complexity index is 539. The van der Waals surface area contributed by atoms with Gasteiger partial charge in [0.2, 0.25) is 0 Å². The number of ether oxygens (including phenoxy) is 2. The zero-order chi connectivity index (χ0) is 12.9. The summed E-state index contributed by atoms with van der Waals surface area (Å²) in [5, 5.41) is 9.96. The number of phenols is 1. The van der Waals surface area contributed by atoms with Gasteiger partial charge in [-0.05, 0) is 31.5 Å². The molecule has 0 bridgehead atoms. The lowest BCUT2D eigenvalue weighted by molar-refractivity contribution is -0.145. The van der Waals surface area contributed by atoms with Crippen LogP contribution >= 0.6 is 0 Å². The average Bonchev–Trinajstić information content (AvgIpc) is 2.60. The molecule has 1 aromatic rings. The van der Waals surface area contributed by atoms with Crippen molar-refractivity contribution in [3.05, 3.63) is 28.8 Å². The van der Waals surface area contributed by atoms with E-state index in [0.29, 0.717) is 18.6 Å². The highest BCUT2D eigenvalue weighted by Crippen LogP contribution is 2.39. The van der Waals surface area contributed by atoms with Crippen LogP contribution in [0.2, 0.25) is 0 Å². The summed E-state index contributed by atoms with van der Waals surface area (Å²) in [6.45, 7) is 3.83. The molecule has 1 N–H and O–H groups in total. The van der Waals surface area contributed by atoms with E-state index >= 15 is 0 Å². The van der Waals surface area contributed by atoms with E-state index in [-0.39, 0.29) is 12.2 Å². The van der Waals surface area contributed by atoms with E-state index in [9.17, 15) is 5.11 Å². The lowest BCUT2D eigenvalue weighted by Gasteiger charge is -2.26. The van der Waals surface area contributed by atoms with Gasteiger partial charge in [0.1, 0.15) is 5.75 Å². The normalized spacial score (nSPS) is 28.3. The zero-order valence-electron chi connectivity index (χ0n) is 10.6. The second-order valence-electron chi connectivity index (χ2n) is 5.35. The van der Waals surface area contributed by atoms with Gasteiger partial charge in [0.25, 0.3) is 0 Å². The van der Waals surface area contributed by atoms with Gasteiger partial charge in [-0.3, -0.25) is 0 Å². The first-order chi connectivity index (χ1) is 8.50. The summed E-state index contributed by atoms with van der Waals surface area (Å²) in [6.07, 6.45) is 6.91. The third kappa shape index (κ3) is 1.69. The van der Waals surface area contributed by atoms with Crippen LogP contribution in [0.25, 0.3) is 0 Å². The molecule has 3 rings (SSSR count). The molecule has 1 aliphatic carbocycles.